The Morgan fingerprint density at radius 1 is 1.23 bits per heavy atom. The topological polar surface area (TPSA) is 123 Å². The Labute approximate surface area is 237 Å². The molecule has 0 atom stereocenters. The first-order valence-corrected chi connectivity index (χ1v) is 13.5. The highest BCUT2D eigenvalue weighted by Gasteiger charge is 2.41. The van der Waals surface area contributed by atoms with Gasteiger partial charge in [-0.2, -0.15) is 10.2 Å². The molecule has 5 rings (SSSR count). The summed E-state index contributed by atoms with van der Waals surface area (Å²) >= 11 is 6.78. The molecular formula is C30H30ClN5O4. The standard InChI is InChI=1S/C30H30ClN5O4/c1-29(2,28(37)38)11-6-14-39-21-9-10-22(23(31)15-21)25-35-24-26(33-18-34-27(24)40-30(3)12-13-30)36(25)17-20-8-5-4-7-19(20)16-32/h4-5,7-10,15,18H,6,11-14,17H2,1-3H3,(H,37,38). The van der Waals surface area contributed by atoms with Gasteiger partial charge >= 0.3 is 5.97 Å². The number of aliphatic carboxylic acids is 1. The lowest BCUT2D eigenvalue weighted by atomic mass is 9.88. The third-order valence-electron chi connectivity index (χ3n) is 7.24. The number of hydrogen-bond acceptors (Lipinski definition) is 7. The van der Waals surface area contributed by atoms with Crippen molar-refractivity contribution in [3.05, 3.63) is 64.9 Å². The number of nitriles is 1. The number of aromatic nitrogens is 4. The van der Waals surface area contributed by atoms with Crippen LogP contribution in [0.2, 0.25) is 5.02 Å². The predicted molar refractivity (Wildman–Crippen MR) is 150 cm³/mol. The first-order valence-electron chi connectivity index (χ1n) is 13.1. The number of fused-ring (bicyclic) bond motifs is 1. The maximum atomic E-state index is 11.3. The lowest BCUT2D eigenvalue weighted by Gasteiger charge is -2.18. The number of imidazole rings is 1. The summed E-state index contributed by atoms with van der Waals surface area (Å²) in [7, 11) is 0. The molecule has 0 saturated heterocycles. The molecule has 1 fully saturated rings. The minimum atomic E-state index is -0.829. The number of rotatable bonds is 11. The number of benzene rings is 2. The second kappa shape index (κ2) is 10.8. The van der Waals surface area contributed by atoms with Crippen LogP contribution in [-0.2, 0) is 11.3 Å². The fourth-order valence-corrected chi connectivity index (χ4v) is 4.63. The summed E-state index contributed by atoms with van der Waals surface area (Å²) in [6.45, 7) is 6.16. The normalized spacial score (nSPS) is 14.1. The average Bonchev–Trinajstić information content (AvgIpc) is 3.54. The monoisotopic (exact) mass is 559 g/mol. The van der Waals surface area contributed by atoms with E-state index in [-0.39, 0.29) is 5.60 Å². The van der Waals surface area contributed by atoms with Gasteiger partial charge in [-0.15, -0.1) is 0 Å². The van der Waals surface area contributed by atoms with E-state index >= 15 is 0 Å². The highest BCUT2D eigenvalue weighted by atomic mass is 35.5. The van der Waals surface area contributed by atoms with E-state index in [0.29, 0.717) is 70.8 Å². The second-order valence-corrected chi connectivity index (χ2v) is 11.4. The zero-order chi connectivity index (χ0) is 28.5. The first kappa shape index (κ1) is 27.4. The molecule has 2 aromatic heterocycles. The van der Waals surface area contributed by atoms with E-state index in [2.05, 4.69) is 16.0 Å². The summed E-state index contributed by atoms with van der Waals surface area (Å²) in [5.74, 6) is 0.724. The zero-order valence-electron chi connectivity index (χ0n) is 22.6. The molecule has 9 nitrogen and oxygen atoms in total. The third kappa shape index (κ3) is 5.73. The number of hydrogen-bond donors (Lipinski definition) is 1. The molecule has 1 aliphatic rings. The number of ether oxygens (including phenoxy) is 2. The van der Waals surface area contributed by atoms with Crippen LogP contribution in [0.15, 0.2) is 48.8 Å². The molecule has 1 aliphatic carbocycles. The van der Waals surface area contributed by atoms with Gasteiger partial charge in [-0.1, -0.05) is 29.8 Å². The van der Waals surface area contributed by atoms with Gasteiger partial charge in [0.2, 0.25) is 5.88 Å². The Balaban J connectivity index is 1.48. The van der Waals surface area contributed by atoms with Crippen molar-refractivity contribution >= 4 is 28.7 Å². The number of carboxylic acids is 1. The minimum Gasteiger partial charge on any atom is -0.494 e. The van der Waals surface area contributed by atoms with Crippen LogP contribution < -0.4 is 9.47 Å². The predicted octanol–water partition coefficient (Wildman–Crippen LogP) is 6.27. The molecule has 10 heteroatoms. The molecule has 2 heterocycles. The largest absolute Gasteiger partial charge is 0.494 e. The quantitative estimate of drug-likeness (QED) is 0.213. The van der Waals surface area contributed by atoms with E-state index in [4.69, 9.17) is 26.1 Å². The van der Waals surface area contributed by atoms with Crippen molar-refractivity contribution < 1.29 is 19.4 Å². The fraction of sp³-hybridized carbons (Fsp3) is 0.367. The van der Waals surface area contributed by atoms with Crippen LogP contribution >= 0.6 is 11.6 Å². The highest BCUT2D eigenvalue weighted by molar-refractivity contribution is 6.33. The molecular weight excluding hydrogens is 530 g/mol. The van der Waals surface area contributed by atoms with Gasteiger partial charge in [0, 0.05) is 5.56 Å². The number of halogens is 1. The van der Waals surface area contributed by atoms with Crippen LogP contribution in [0.3, 0.4) is 0 Å². The van der Waals surface area contributed by atoms with Gasteiger partial charge in [-0.05, 0) is 76.3 Å². The van der Waals surface area contributed by atoms with Crippen molar-refractivity contribution in [3.63, 3.8) is 0 Å². The average molecular weight is 560 g/mol. The summed E-state index contributed by atoms with van der Waals surface area (Å²) in [5, 5.41) is 19.4. The van der Waals surface area contributed by atoms with Gasteiger partial charge in [-0.3, -0.25) is 4.79 Å². The van der Waals surface area contributed by atoms with Crippen LogP contribution in [0.25, 0.3) is 22.6 Å². The van der Waals surface area contributed by atoms with Gasteiger partial charge in [0.15, 0.2) is 11.2 Å². The van der Waals surface area contributed by atoms with Crippen LogP contribution in [0.5, 0.6) is 11.6 Å². The molecule has 0 amide bonds. The molecule has 0 spiro atoms. The first-order chi connectivity index (χ1) is 19.1. The third-order valence-corrected chi connectivity index (χ3v) is 7.55. The molecule has 0 unspecified atom stereocenters. The summed E-state index contributed by atoms with van der Waals surface area (Å²) < 4.78 is 14.0. The van der Waals surface area contributed by atoms with Crippen molar-refractivity contribution in [2.24, 2.45) is 5.41 Å². The van der Waals surface area contributed by atoms with E-state index in [1.54, 1.807) is 26.0 Å². The summed E-state index contributed by atoms with van der Waals surface area (Å²) in [5.41, 5.74) is 2.09. The number of carboxylic acid groups (broad SMARTS) is 1. The zero-order valence-corrected chi connectivity index (χ0v) is 23.4. The lowest BCUT2D eigenvalue weighted by molar-refractivity contribution is -0.147. The van der Waals surface area contributed by atoms with E-state index in [0.717, 1.165) is 18.4 Å². The van der Waals surface area contributed by atoms with Gasteiger partial charge in [-0.25, -0.2) is 9.97 Å². The van der Waals surface area contributed by atoms with Crippen LogP contribution in [0.4, 0.5) is 0 Å². The van der Waals surface area contributed by atoms with Crippen molar-refractivity contribution in [1.82, 2.24) is 19.5 Å². The molecule has 1 N–H and O–H groups in total. The van der Waals surface area contributed by atoms with E-state index < -0.39 is 11.4 Å². The summed E-state index contributed by atoms with van der Waals surface area (Å²) in [6, 6.07) is 15.0. The van der Waals surface area contributed by atoms with Crippen LogP contribution in [0.1, 0.15) is 57.6 Å². The highest BCUT2D eigenvalue weighted by Crippen LogP contribution is 2.41. The van der Waals surface area contributed by atoms with Crippen molar-refractivity contribution in [2.45, 2.75) is 58.6 Å². The van der Waals surface area contributed by atoms with Gasteiger partial charge in [0.1, 0.15) is 23.5 Å². The fourth-order valence-electron chi connectivity index (χ4n) is 4.37. The molecule has 4 aromatic rings. The minimum absolute atomic E-state index is 0.255. The smallest absolute Gasteiger partial charge is 0.309 e. The van der Waals surface area contributed by atoms with E-state index in [1.165, 1.54) is 6.33 Å². The van der Waals surface area contributed by atoms with Gasteiger partial charge < -0.3 is 19.1 Å². The van der Waals surface area contributed by atoms with Crippen LogP contribution in [-0.4, -0.2) is 42.8 Å². The summed E-state index contributed by atoms with van der Waals surface area (Å²) in [6.07, 6.45) is 4.44. The van der Waals surface area contributed by atoms with Crippen molar-refractivity contribution in [2.75, 3.05) is 6.61 Å². The maximum Gasteiger partial charge on any atom is 0.309 e. The molecule has 0 bridgehead atoms. The molecule has 1 saturated carbocycles. The summed E-state index contributed by atoms with van der Waals surface area (Å²) in [4.78, 5) is 25.2. The molecule has 40 heavy (non-hydrogen) atoms. The van der Waals surface area contributed by atoms with Gasteiger partial charge in [0.25, 0.3) is 0 Å². The van der Waals surface area contributed by atoms with E-state index in [1.807, 2.05) is 41.8 Å². The molecule has 0 radical (unpaired) electrons. The van der Waals surface area contributed by atoms with Gasteiger partial charge in [0.05, 0.1) is 35.2 Å². The van der Waals surface area contributed by atoms with Crippen molar-refractivity contribution in [1.29, 1.82) is 5.26 Å². The molecule has 0 aliphatic heterocycles. The number of carbonyl (C=O) groups is 1. The molecule has 2 aromatic carbocycles. The maximum absolute atomic E-state index is 11.3. The SMILES string of the molecule is CC1(Oc2ncnc3c2nc(-c2ccc(OCCCC(C)(C)C(=O)O)cc2Cl)n3Cc2ccccc2C#N)CC1. The Bertz CT molecular complexity index is 1620. The van der Waals surface area contributed by atoms with Crippen molar-refractivity contribution in [3.8, 4) is 29.1 Å². The van der Waals surface area contributed by atoms with E-state index in [9.17, 15) is 15.2 Å². The Hall–Kier alpha value is -4.16. The Morgan fingerprint density at radius 2 is 2.00 bits per heavy atom. The second-order valence-electron chi connectivity index (χ2n) is 11.0. The number of nitrogens with zero attached hydrogens (tertiary/aromatic N) is 5. The molecule has 206 valence electrons. The lowest BCUT2D eigenvalue weighted by Crippen LogP contribution is -2.24. The van der Waals surface area contributed by atoms with Crippen LogP contribution in [0, 0.1) is 16.7 Å². The Kier molecular flexibility index (Phi) is 7.39. The Morgan fingerprint density at radius 3 is 2.70 bits per heavy atom.